The Morgan fingerprint density at radius 3 is 2.17 bits per heavy atom. The van der Waals surface area contributed by atoms with E-state index in [1.165, 1.54) is 5.56 Å². The molecular formula is C16H17NO. The minimum atomic E-state index is -0.0763. The monoisotopic (exact) mass is 239 g/mol. The molecule has 0 amide bonds. The number of nitrogens with zero attached hydrogens (tertiary/aromatic N) is 1. The van der Waals surface area contributed by atoms with Gasteiger partial charge in [0.15, 0.2) is 0 Å². The number of hydrogen-bond acceptors (Lipinski definition) is 2. The molecule has 18 heavy (non-hydrogen) atoms. The van der Waals surface area contributed by atoms with Crippen molar-refractivity contribution in [1.29, 1.82) is 0 Å². The molecule has 2 heteroatoms. The van der Waals surface area contributed by atoms with Gasteiger partial charge in [0.25, 0.3) is 0 Å². The average molecular weight is 239 g/mol. The minimum absolute atomic E-state index is 0.0677. The second-order valence-electron chi connectivity index (χ2n) is 4.21. The fraction of sp³-hybridized carbons (Fsp3) is 0.188. The molecule has 0 aliphatic heterocycles. The van der Waals surface area contributed by atoms with Crippen molar-refractivity contribution in [3.8, 4) is 0 Å². The Labute approximate surface area is 108 Å². The number of rotatable bonds is 5. The topological polar surface area (TPSA) is 32.6 Å². The number of benzene rings is 2. The molecule has 1 N–H and O–H groups in total. The first-order valence-electron chi connectivity index (χ1n) is 6.11. The van der Waals surface area contributed by atoms with Gasteiger partial charge in [0.2, 0.25) is 0 Å². The molecule has 2 rings (SSSR count). The molecule has 2 aromatic rings. The van der Waals surface area contributed by atoms with Crippen molar-refractivity contribution in [3.63, 3.8) is 0 Å². The molecule has 0 saturated heterocycles. The zero-order valence-electron chi connectivity index (χ0n) is 10.2. The zero-order valence-corrected chi connectivity index (χ0v) is 10.2. The Morgan fingerprint density at radius 1 is 0.944 bits per heavy atom. The van der Waals surface area contributed by atoms with Crippen molar-refractivity contribution in [2.24, 2.45) is 4.99 Å². The van der Waals surface area contributed by atoms with Crippen LogP contribution >= 0.6 is 0 Å². The lowest BCUT2D eigenvalue weighted by Crippen LogP contribution is -2.14. The first-order chi connectivity index (χ1) is 8.88. The van der Waals surface area contributed by atoms with Crippen LogP contribution in [0.15, 0.2) is 65.7 Å². The van der Waals surface area contributed by atoms with Crippen LogP contribution in [0.4, 0.5) is 0 Å². The standard InChI is InChI=1S/C16H17NO/c18-13-16(11-14-7-3-1-4-8-14)17-12-15-9-5-2-6-10-15/h1-10,12,16,18H,11,13H2. The summed E-state index contributed by atoms with van der Waals surface area (Å²) in [5, 5.41) is 9.35. The average Bonchev–Trinajstić information content (AvgIpc) is 2.45. The molecule has 0 aliphatic rings. The van der Waals surface area contributed by atoms with Gasteiger partial charge in [0.1, 0.15) is 0 Å². The molecule has 0 heterocycles. The van der Waals surface area contributed by atoms with Crippen molar-refractivity contribution in [3.05, 3.63) is 71.8 Å². The molecule has 0 aromatic heterocycles. The highest BCUT2D eigenvalue weighted by atomic mass is 16.3. The van der Waals surface area contributed by atoms with Gasteiger partial charge >= 0.3 is 0 Å². The van der Waals surface area contributed by atoms with Crippen molar-refractivity contribution >= 4 is 6.21 Å². The maximum atomic E-state index is 9.35. The highest BCUT2D eigenvalue weighted by Gasteiger charge is 2.05. The molecule has 0 fully saturated rings. The SMILES string of the molecule is OCC(Cc1ccccc1)N=Cc1ccccc1. The first-order valence-corrected chi connectivity index (χ1v) is 6.11. The van der Waals surface area contributed by atoms with E-state index < -0.39 is 0 Å². The van der Waals surface area contributed by atoms with E-state index in [1.807, 2.05) is 54.7 Å². The van der Waals surface area contributed by atoms with Crippen LogP contribution in [0.3, 0.4) is 0 Å². The predicted molar refractivity (Wildman–Crippen MR) is 75.1 cm³/mol. The Hall–Kier alpha value is -1.93. The van der Waals surface area contributed by atoms with Crippen LogP contribution in [0.25, 0.3) is 0 Å². The molecule has 1 unspecified atom stereocenters. The van der Waals surface area contributed by atoms with Crippen molar-refractivity contribution in [2.75, 3.05) is 6.61 Å². The van der Waals surface area contributed by atoms with Gasteiger partial charge in [-0.05, 0) is 17.5 Å². The van der Waals surface area contributed by atoms with E-state index in [0.29, 0.717) is 0 Å². The lowest BCUT2D eigenvalue weighted by molar-refractivity contribution is 0.266. The molecule has 92 valence electrons. The normalized spacial score (nSPS) is 12.7. The highest BCUT2D eigenvalue weighted by molar-refractivity contribution is 5.79. The van der Waals surface area contributed by atoms with Crippen LogP contribution in [-0.2, 0) is 6.42 Å². The Bertz CT molecular complexity index is 479. The smallest absolute Gasteiger partial charge is 0.0770 e. The molecule has 1 atom stereocenters. The summed E-state index contributed by atoms with van der Waals surface area (Å²) < 4.78 is 0. The van der Waals surface area contributed by atoms with Gasteiger partial charge in [-0.3, -0.25) is 4.99 Å². The Balaban J connectivity index is 2.00. The van der Waals surface area contributed by atoms with Gasteiger partial charge in [-0.25, -0.2) is 0 Å². The van der Waals surface area contributed by atoms with E-state index in [2.05, 4.69) is 17.1 Å². The lowest BCUT2D eigenvalue weighted by atomic mass is 10.1. The molecule has 2 aromatic carbocycles. The summed E-state index contributed by atoms with van der Waals surface area (Å²) in [5.41, 5.74) is 2.26. The van der Waals surface area contributed by atoms with Crippen LogP contribution in [0, 0.1) is 0 Å². The number of aliphatic imine (C=N–C) groups is 1. The third-order valence-electron chi connectivity index (χ3n) is 2.76. The van der Waals surface area contributed by atoms with Gasteiger partial charge in [-0.2, -0.15) is 0 Å². The highest BCUT2D eigenvalue weighted by Crippen LogP contribution is 2.06. The largest absolute Gasteiger partial charge is 0.394 e. The summed E-state index contributed by atoms with van der Waals surface area (Å²) in [6, 6.07) is 20.0. The second-order valence-corrected chi connectivity index (χ2v) is 4.21. The molecule has 0 saturated carbocycles. The number of aliphatic hydroxyl groups excluding tert-OH is 1. The summed E-state index contributed by atoms with van der Waals surface area (Å²) in [4.78, 5) is 4.43. The molecule has 2 nitrogen and oxygen atoms in total. The van der Waals surface area contributed by atoms with Crippen LogP contribution in [0.5, 0.6) is 0 Å². The fourth-order valence-electron chi connectivity index (χ4n) is 1.78. The Morgan fingerprint density at radius 2 is 1.56 bits per heavy atom. The van der Waals surface area contributed by atoms with Crippen LogP contribution in [0.1, 0.15) is 11.1 Å². The number of hydrogen-bond donors (Lipinski definition) is 1. The third-order valence-corrected chi connectivity index (χ3v) is 2.76. The van der Waals surface area contributed by atoms with Gasteiger partial charge < -0.3 is 5.11 Å². The minimum Gasteiger partial charge on any atom is -0.394 e. The molecular weight excluding hydrogens is 222 g/mol. The second kappa shape index (κ2) is 6.72. The zero-order chi connectivity index (χ0) is 12.6. The van der Waals surface area contributed by atoms with Gasteiger partial charge in [0.05, 0.1) is 12.6 Å². The van der Waals surface area contributed by atoms with Gasteiger partial charge in [-0.15, -0.1) is 0 Å². The summed E-state index contributed by atoms with van der Waals surface area (Å²) in [6.45, 7) is 0.0677. The molecule has 0 radical (unpaired) electrons. The summed E-state index contributed by atoms with van der Waals surface area (Å²) in [5.74, 6) is 0. The van der Waals surface area contributed by atoms with E-state index >= 15 is 0 Å². The van der Waals surface area contributed by atoms with Gasteiger partial charge in [-0.1, -0.05) is 60.7 Å². The maximum absolute atomic E-state index is 9.35. The van der Waals surface area contributed by atoms with Crippen molar-refractivity contribution < 1.29 is 5.11 Å². The molecule has 0 bridgehead atoms. The third kappa shape index (κ3) is 3.82. The van der Waals surface area contributed by atoms with Crippen LogP contribution in [-0.4, -0.2) is 24.0 Å². The van der Waals surface area contributed by atoms with E-state index in [0.717, 1.165) is 12.0 Å². The summed E-state index contributed by atoms with van der Waals surface area (Å²) >= 11 is 0. The van der Waals surface area contributed by atoms with E-state index in [4.69, 9.17) is 0 Å². The van der Waals surface area contributed by atoms with Crippen LogP contribution in [0.2, 0.25) is 0 Å². The Kier molecular flexibility index (Phi) is 4.68. The van der Waals surface area contributed by atoms with E-state index in [-0.39, 0.29) is 12.6 Å². The predicted octanol–water partition coefficient (Wildman–Crippen LogP) is 2.71. The molecule has 0 aliphatic carbocycles. The first kappa shape index (κ1) is 12.5. The maximum Gasteiger partial charge on any atom is 0.0770 e. The lowest BCUT2D eigenvalue weighted by Gasteiger charge is -2.08. The fourth-order valence-corrected chi connectivity index (χ4v) is 1.78. The van der Waals surface area contributed by atoms with Crippen LogP contribution < -0.4 is 0 Å². The van der Waals surface area contributed by atoms with Crippen molar-refractivity contribution in [1.82, 2.24) is 0 Å². The van der Waals surface area contributed by atoms with Crippen molar-refractivity contribution in [2.45, 2.75) is 12.5 Å². The van der Waals surface area contributed by atoms with E-state index in [9.17, 15) is 5.11 Å². The summed E-state index contributed by atoms with van der Waals surface area (Å²) in [7, 11) is 0. The number of aliphatic hydroxyl groups is 1. The summed E-state index contributed by atoms with van der Waals surface area (Å²) in [6.07, 6.45) is 2.59. The van der Waals surface area contributed by atoms with Gasteiger partial charge in [0, 0.05) is 6.21 Å². The van der Waals surface area contributed by atoms with E-state index in [1.54, 1.807) is 0 Å². The molecule has 0 spiro atoms. The quantitative estimate of drug-likeness (QED) is 0.799.